The second-order valence-electron chi connectivity index (χ2n) is 12.0. The Morgan fingerprint density at radius 3 is 2.68 bits per heavy atom. The molecule has 1 atom stereocenters. The minimum Gasteiger partial charge on any atom is -0.379 e. The summed E-state index contributed by atoms with van der Waals surface area (Å²) in [6.07, 6.45) is 8.52. The molecular weight excluding hydrogens is 577 g/mol. The van der Waals surface area contributed by atoms with Gasteiger partial charge in [0.05, 0.1) is 31.5 Å². The van der Waals surface area contributed by atoms with Crippen molar-refractivity contribution in [3.05, 3.63) is 83.1 Å². The highest BCUT2D eigenvalue weighted by Gasteiger charge is 2.42. The van der Waals surface area contributed by atoms with Crippen LogP contribution in [0.5, 0.6) is 0 Å². The van der Waals surface area contributed by atoms with Crippen molar-refractivity contribution in [1.29, 1.82) is 0 Å². The van der Waals surface area contributed by atoms with E-state index >= 15 is 4.39 Å². The highest BCUT2D eigenvalue weighted by Crippen LogP contribution is 2.49. The molecule has 11 heteroatoms. The van der Waals surface area contributed by atoms with Crippen molar-refractivity contribution in [3.63, 3.8) is 0 Å². The van der Waals surface area contributed by atoms with E-state index in [0.29, 0.717) is 22.3 Å². The standard InChI is InChI=1S/C33H34FN7O2S/c1-21(40-11-13-43-14-12-40)15-26-16-22(5-9-35-26)23-6-10-41-28(20-36-29(41)18-23)25-4-3-24(27(34)17-25)19-30(42)37-32-39-38-31(44-32)33(2)7-8-33/h3-6,9-10,16-18,20-21H,7-8,11-15,19H2,1-2H3,(H,37,39,42)/t21-/m0/s1. The first kappa shape index (κ1) is 28.7. The smallest absolute Gasteiger partial charge is 0.230 e. The third-order valence-corrected chi connectivity index (χ3v) is 9.87. The van der Waals surface area contributed by atoms with Gasteiger partial charge < -0.3 is 10.1 Å². The number of hydrogen-bond acceptors (Lipinski definition) is 8. The lowest BCUT2D eigenvalue weighted by Crippen LogP contribution is -2.43. The van der Waals surface area contributed by atoms with Crippen LogP contribution in [-0.2, 0) is 27.8 Å². The van der Waals surface area contributed by atoms with E-state index in [1.807, 2.05) is 41.1 Å². The van der Waals surface area contributed by atoms with Crippen LogP contribution in [0.25, 0.3) is 28.0 Å². The van der Waals surface area contributed by atoms with E-state index in [0.717, 1.165) is 78.7 Å². The Kier molecular flexibility index (Phi) is 7.69. The molecule has 0 unspecified atom stereocenters. The molecule has 0 radical (unpaired) electrons. The van der Waals surface area contributed by atoms with Gasteiger partial charge in [-0.2, -0.15) is 0 Å². The van der Waals surface area contributed by atoms with Crippen LogP contribution in [0.2, 0.25) is 0 Å². The average Bonchev–Trinajstić information content (AvgIpc) is 3.40. The fourth-order valence-corrected chi connectivity index (χ4v) is 6.66. The van der Waals surface area contributed by atoms with Crippen molar-refractivity contribution >= 4 is 28.0 Å². The second kappa shape index (κ2) is 11.8. The molecule has 2 aliphatic rings. The monoisotopic (exact) mass is 611 g/mol. The van der Waals surface area contributed by atoms with Crippen LogP contribution in [0.1, 0.15) is 43.0 Å². The number of morpholine rings is 1. The van der Waals surface area contributed by atoms with Gasteiger partial charge in [-0.3, -0.25) is 19.1 Å². The van der Waals surface area contributed by atoms with E-state index in [4.69, 9.17) is 4.74 Å². The number of anilines is 1. The minimum atomic E-state index is -0.441. The van der Waals surface area contributed by atoms with Crippen molar-refractivity contribution < 1.29 is 13.9 Å². The predicted octanol–water partition coefficient (Wildman–Crippen LogP) is 5.55. The third kappa shape index (κ3) is 5.99. The number of halogens is 1. The van der Waals surface area contributed by atoms with E-state index in [2.05, 4.69) is 50.3 Å². The molecule has 226 valence electrons. The first-order valence-electron chi connectivity index (χ1n) is 15.0. The van der Waals surface area contributed by atoms with E-state index in [9.17, 15) is 4.79 Å². The largest absolute Gasteiger partial charge is 0.379 e. The zero-order valence-corrected chi connectivity index (χ0v) is 25.6. The molecule has 5 aromatic rings. The lowest BCUT2D eigenvalue weighted by atomic mass is 10.0. The number of nitrogens with one attached hydrogen (secondary N) is 1. The van der Waals surface area contributed by atoms with Gasteiger partial charge in [0, 0.05) is 54.6 Å². The van der Waals surface area contributed by atoms with Crippen LogP contribution < -0.4 is 5.32 Å². The first-order valence-corrected chi connectivity index (χ1v) is 15.8. The summed E-state index contributed by atoms with van der Waals surface area (Å²) in [4.78, 5) is 24.3. The molecule has 1 saturated heterocycles. The molecule has 1 aliphatic heterocycles. The van der Waals surface area contributed by atoms with Crippen LogP contribution in [0.15, 0.2) is 61.1 Å². The number of imidazole rings is 1. The maximum Gasteiger partial charge on any atom is 0.230 e. The van der Waals surface area contributed by atoms with Crippen molar-refractivity contribution in [2.75, 3.05) is 31.6 Å². The topological polar surface area (TPSA) is 97.5 Å². The summed E-state index contributed by atoms with van der Waals surface area (Å²) in [5, 5.41) is 12.4. The van der Waals surface area contributed by atoms with Crippen molar-refractivity contribution in [2.45, 2.75) is 51.0 Å². The lowest BCUT2D eigenvalue weighted by Gasteiger charge is -2.32. The zero-order chi connectivity index (χ0) is 30.3. The Bertz CT molecular complexity index is 1830. The molecule has 1 saturated carbocycles. The molecule has 4 aromatic heterocycles. The number of carbonyl (C=O) groups is 1. The normalized spacial score (nSPS) is 17.1. The Morgan fingerprint density at radius 1 is 1.07 bits per heavy atom. The Balaban J connectivity index is 1.04. The first-order chi connectivity index (χ1) is 21.3. The van der Waals surface area contributed by atoms with Crippen LogP contribution in [0.3, 0.4) is 0 Å². The predicted molar refractivity (Wildman–Crippen MR) is 168 cm³/mol. The second-order valence-corrected chi connectivity index (χ2v) is 13.0. The molecule has 1 aromatic carbocycles. The summed E-state index contributed by atoms with van der Waals surface area (Å²) in [7, 11) is 0. The minimum absolute atomic E-state index is 0.0893. The maximum absolute atomic E-state index is 15.2. The molecule has 44 heavy (non-hydrogen) atoms. The van der Waals surface area contributed by atoms with Gasteiger partial charge in [-0.15, -0.1) is 10.2 Å². The number of fused-ring (bicyclic) bond motifs is 1. The summed E-state index contributed by atoms with van der Waals surface area (Å²) in [6, 6.07) is 13.6. The summed E-state index contributed by atoms with van der Waals surface area (Å²) in [5.41, 5.74) is 5.79. The number of aromatic nitrogens is 5. The number of rotatable bonds is 9. The number of ether oxygens (including phenoxy) is 1. The van der Waals surface area contributed by atoms with E-state index in [1.54, 1.807) is 12.3 Å². The summed E-state index contributed by atoms with van der Waals surface area (Å²) < 4.78 is 22.6. The Labute approximate surface area is 259 Å². The molecule has 9 nitrogen and oxygen atoms in total. The molecular formula is C33H34FN7O2S. The van der Waals surface area contributed by atoms with Crippen LogP contribution in [0, 0.1) is 5.82 Å². The van der Waals surface area contributed by atoms with E-state index in [-0.39, 0.29) is 17.7 Å². The van der Waals surface area contributed by atoms with E-state index < -0.39 is 5.82 Å². The SMILES string of the molecule is C[C@@H](Cc1cc(-c2ccn3c(-c4ccc(CC(=O)Nc5nnc(C6(C)CC6)s5)c(F)c4)cnc3c2)ccn1)N1CCOCC1. The molecule has 5 heterocycles. The highest BCUT2D eigenvalue weighted by molar-refractivity contribution is 7.15. The number of carbonyl (C=O) groups excluding carboxylic acids is 1. The van der Waals surface area contributed by atoms with Crippen LogP contribution in [0.4, 0.5) is 9.52 Å². The van der Waals surface area contributed by atoms with Gasteiger partial charge in [0.15, 0.2) is 0 Å². The van der Waals surface area contributed by atoms with Crippen LogP contribution in [-0.4, -0.2) is 67.7 Å². The van der Waals surface area contributed by atoms with Gasteiger partial charge in [-0.25, -0.2) is 9.37 Å². The molecule has 0 bridgehead atoms. The number of hydrogen-bond donors (Lipinski definition) is 1. The fraction of sp³-hybridized carbons (Fsp3) is 0.364. The van der Waals surface area contributed by atoms with Gasteiger partial charge in [-0.05, 0) is 66.8 Å². The summed E-state index contributed by atoms with van der Waals surface area (Å²) >= 11 is 1.39. The Hall–Kier alpha value is -4.06. The van der Waals surface area contributed by atoms with Crippen molar-refractivity contribution in [1.82, 2.24) is 29.5 Å². The molecule has 1 amide bonds. The highest BCUT2D eigenvalue weighted by atomic mass is 32.1. The number of nitrogens with zero attached hydrogens (tertiary/aromatic N) is 6. The van der Waals surface area contributed by atoms with Gasteiger partial charge in [0.25, 0.3) is 0 Å². The Morgan fingerprint density at radius 2 is 1.89 bits per heavy atom. The van der Waals surface area contributed by atoms with Crippen molar-refractivity contribution in [2.24, 2.45) is 0 Å². The van der Waals surface area contributed by atoms with Gasteiger partial charge in [-0.1, -0.05) is 30.4 Å². The lowest BCUT2D eigenvalue weighted by molar-refractivity contribution is -0.115. The zero-order valence-electron chi connectivity index (χ0n) is 24.8. The van der Waals surface area contributed by atoms with Gasteiger partial charge in [0.2, 0.25) is 11.0 Å². The van der Waals surface area contributed by atoms with Crippen molar-refractivity contribution in [3.8, 4) is 22.4 Å². The third-order valence-electron chi connectivity index (χ3n) is 8.72. The molecule has 7 rings (SSSR count). The fourth-order valence-electron chi connectivity index (χ4n) is 5.70. The maximum atomic E-state index is 15.2. The summed E-state index contributed by atoms with van der Waals surface area (Å²) in [6.45, 7) is 7.85. The molecule has 1 aliphatic carbocycles. The van der Waals surface area contributed by atoms with E-state index in [1.165, 1.54) is 17.4 Å². The number of benzene rings is 1. The molecule has 0 spiro atoms. The van der Waals surface area contributed by atoms with Crippen LogP contribution >= 0.6 is 11.3 Å². The average molecular weight is 612 g/mol. The van der Waals surface area contributed by atoms with Gasteiger partial charge in [0.1, 0.15) is 16.5 Å². The van der Waals surface area contributed by atoms with Gasteiger partial charge >= 0.3 is 0 Å². The quantitative estimate of drug-likeness (QED) is 0.233. The number of amides is 1. The molecule has 2 fully saturated rings. The number of pyridine rings is 2. The summed E-state index contributed by atoms with van der Waals surface area (Å²) in [5.74, 6) is -0.763. The molecule has 1 N–H and O–H groups in total.